The number of rotatable bonds is 9. The summed E-state index contributed by atoms with van der Waals surface area (Å²) in [5.41, 5.74) is 9.34. The predicted octanol–water partition coefficient (Wildman–Crippen LogP) is 7.33. The number of alkyl carbamates (subject to hydrolysis) is 1. The average molecular weight is 670 g/mol. The average Bonchev–Trinajstić information content (AvgIpc) is 3.51. The van der Waals surface area contributed by atoms with E-state index in [9.17, 15) is 22.8 Å². The number of hydrogen-bond acceptors (Lipinski definition) is 7. The van der Waals surface area contributed by atoms with Crippen LogP contribution in [-0.4, -0.2) is 37.4 Å². The van der Waals surface area contributed by atoms with Gasteiger partial charge >= 0.3 is 12.3 Å². The fraction of sp³-hybridized carbons (Fsp3) is 0.250. The quantitative estimate of drug-likeness (QED) is 0.140. The van der Waals surface area contributed by atoms with Crippen molar-refractivity contribution in [3.05, 3.63) is 120 Å². The predicted molar refractivity (Wildman–Crippen MR) is 179 cm³/mol. The number of pyridine rings is 1. The van der Waals surface area contributed by atoms with Crippen molar-refractivity contribution in [2.45, 2.75) is 56.8 Å². The van der Waals surface area contributed by atoms with Gasteiger partial charge in [0, 0.05) is 47.6 Å². The Balaban J connectivity index is 1.25. The Kier molecular flexibility index (Phi) is 9.61. The van der Waals surface area contributed by atoms with Crippen LogP contribution in [0.4, 0.5) is 29.6 Å². The van der Waals surface area contributed by atoms with Gasteiger partial charge in [-0.25, -0.2) is 19.7 Å². The van der Waals surface area contributed by atoms with Crippen molar-refractivity contribution in [1.29, 1.82) is 0 Å². The lowest BCUT2D eigenvalue weighted by molar-refractivity contribution is -0.137. The molecule has 1 saturated carbocycles. The van der Waals surface area contributed by atoms with Gasteiger partial charge in [-0.1, -0.05) is 55.0 Å². The molecule has 49 heavy (non-hydrogen) atoms. The van der Waals surface area contributed by atoms with Crippen LogP contribution in [0.1, 0.15) is 64.6 Å². The second-order valence-electron chi connectivity index (χ2n) is 11.9. The van der Waals surface area contributed by atoms with E-state index >= 15 is 0 Å². The highest BCUT2D eigenvalue weighted by Crippen LogP contribution is 2.38. The SMILES string of the molecule is C=CCc1cnc(N)c2c(-c3ccc(C(=O)Nc4cc(C(F)(F)F)ccn4)cc3)nc([C@@H]3CCC[C@@H](NC(=O)OCc4ccccc4)C3)n12. The van der Waals surface area contributed by atoms with Gasteiger partial charge in [0.2, 0.25) is 0 Å². The first-order valence-corrected chi connectivity index (χ1v) is 15.8. The minimum absolute atomic E-state index is 0.0233. The first kappa shape index (κ1) is 33.2. The van der Waals surface area contributed by atoms with E-state index in [1.165, 1.54) is 0 Å². The highest BCUT2D eigenvalue weighted by atomic mass is 19.4. The van der Waals surface area contributed by atoms with Gasteiger partial charge in [-0.3, -0.25) is 9.20 Å². The monoisotopic (exact) mass is 669 g/mol. The molecule has 0 saturated heterocycles. The number of benzene rings is 2. The van der Waals surface area contributed by atoms with Crippen molar-refractivity contribution in [3.63, 3.8) is 0 Å². The lowest BCUT2D eigenvalue weighted by atomic mass is 9.85. The Hall–Kier alpha value is -5.72. The van der Waals surface area contributed by atoms with Gasteiger partial charge in [-0.05, 0) is 49.1 Å². The Morgan fingerprint density at radius 2 is 1.84 bits per heavy atom. The molecule has 3 heterocycles. The number of aromatic nitrogens is 4. The molecule has 0 aliphatic heterocycles. The van der Waals surface area contributed by atoms with Crippen molar-refractivity contribution in [3.8, 4) is 11.3 Å². The maximum absolute atomic E-state index is 13.1. The molecule has 0 radical (unpaired) electrons. The summed E-state index contributed by atoms with van der Waals surface area (Å²) in [5.74, 6) is 0.189. The Bertz CT molecular complexity index is 1980. The van der Waals surface area contributed by atoms with Crippen LogP contribution in [-0.2, 0) is 23.9 Å². The summed E-state index contributed by atoms with van der Waals surface area (Å²) in [6, 6.07) is 17.5. The molecule has 5 aromatic rings. The number of nitrogens with zero attached hydrogens (tertiary/aromatic N) is 4. The number of ether oxygens (including phenoxy) is 1. The number of carbonyl (C=O) groups is 2. The zero-order valence-electron chi connectivity index (χ0n) is 26.4. The minimum atomic E-state index is -4.57. The standard InChI is InChI=1S/C36H34F3N7O3/c1-2-7-28-20-42-32(40)31-30(23-12-14-24(15-13-23)34(47)44-29-19-26(16-17-41-29)36(37,38)39)45-33(46(28)31)25-10-6-11-27(18-25)43-35(48)49-21-22-8-4-3-5-9-22/h2-5,8-9,12-17,19-20,25,27H,1,6-7,10-11,18,21H2,(H2,40,42)(H,43,48)(H,41,44,47)/t25-,27-/m1/s1. The third-order valence-corrected chi connectivity index (χ3v) is 8.46. The molecular formula is C36H34F3N7O3. The van der Waals surface area contributed by atoms with E-state index in [0.29, 0.717) is 29.6 Å². The van der Waals surface area contributed by atoms with Gasteiger partial charge in [-0.15, -0.1) is 6.58 Å². The fourth-order valence-electron chi connectivity index (χ4n) is 6.12. The topological polar surface area (TPSA) is 137 Å². The number of nitrogens with two attached hydrogens (primary N) is 1. The van der Waals surface area contributed by atoms with Gasteiger partial charge in [-0.2, -0.15) is 13.2 Å². The normalized spacial score (nSPS) is 16.2. The van der Waals surface area contributed by atoms with Crippen molar-refractivity contribution < 1.29 is 27.5 Å². The zero-order valence-corrected chi connectivity index (χ0v) is 26.4. The summed E-state index contributed by atoms with van der Waals surface area (Å²) >= 11 is 0. The van der Waals surface area contributed by atoms with Crippen LogP contribution >= 0.6 is 0 Å². The third-order valence-electron chi connectivity index (χ3n) is 8.46. The van der Waals surface area contributed by atoms with Gasteiger partial charge < -0.3 is 21.1 Å². The Morgan fingerprint density at radius 3 is 2.57 bits per heavy atom. The number of alkyl halides is 3. The maximum atomic E-state index is 13.1. The van der Waals surface area contributed by atoms with Crippen LogP contribution in [0.15, 0.2) is 91.8 Å². The second-order valence-corrected chi connectivity index (χ2v) is 11.9. The number of anilines is 2. The van der Waals surface area contributed by atoms with Gasteiger partial charge in [0.1, 0.15) is 35.3 Å². The van der Waals surface area contributed by atoms with Crippen LogP contribution < -0.4 is 16.4 Å². The molecule has 13 heteroatoms. The lowest BCUT2D eigenvalue weighted by Gasteiger charge is -2.29. The van der Waals surface area contributed by atoms with E-state index in [2.05, 4.69) is 27.2 Å². The Morgan fingerprint density at radius 1 is 1.06 bits per heavy atom. The summed E-state index contributed by atoms with van der Waals surface area (Å²) < 4.78 is 46.9. The molecule has 252 valence electrons. The molecule has 1 fully saturated rings. The number of hydrogen-bond donors (Lipinski definition) is 3. The summed E-state index contributed by atoms with van der Waals surface area (Å²) in [7, 11) is 0. The lowest BCUT2D eigenvalue weighted by Crippen LogP contribution is -2.38. The van der Waals surface area contributed by atoms with E-state index in [0.717, 1.165) is 54.7 Å². The van der Waals surface area contributed by atoms with Crippen molar-refractivity contribution in [2.75, 3.05) is 11.1 Å². The molecule has 0 spiro atoms. The van der Waals surface area contributed by atoms with Gasteiger partial charge in [0.15, 0.2) is 0 Å². The van der Waals surface area contributed by atoms with Crippen molar-refractivity contribution in [1.82, 2.24) is 24.7 Å². The van der Waals surface area contributed by atoms with Crippen LogP contribution in [0.5, 0.6) is 0 Å². The number of imidazole rings is 1. The first-order chi connectivity index (χ1) is 23.6. The maximum Gasteiger partial charge on any atom is 0.416 e. The highest BCUT2D eigenvalue weighted by Gasteiger charge is 2.32. The van der Waals surface area contributed by atoms with E-state index in [4.69, 9.17) is 15.5 Å². The summed E-state index contributed by atoms with van der Waals surface area (Å²) in [5, 5.41) is 5.44. The van der Waals surface area contributed by atoms with Crippen LogP contribution in [0.3, 0.4) is 0 Å². The van der Waals surface area contributed by atoms with E-state index in [1.807, 2.05) is 34.7 Å². The summed E-state index contributed by atoms with van der Waals surface area (Å²) in [4.78, 5) is 39.0. The largest absolute Gasteiger partial charge is 0.445 e. The molecule has 0 bridgehead atoms. The molecule has 4 N–H and O–H groups in total. The van der Waals surface area contributed by atoms with E-state index < -0.39 is 23.7 Å². The number of allylic oxidation sites excluding steroid dienone is 1. The Labute approximate surface area is 280 Å². The highest BCUT2D eigenvalue weighted by molar-refractivity contribution is 6.04. The fourth-order valence-corrected chi connectivity index (χ4v) is 6.12. The zero-order chi connectivity index (χ0) is 34.5. The van der Waals surface area contributed by atoms with Gasteiger partial charge in [0.25, 0.3) is 5.91 Å². The first-order valence-electron chi connectivity index (χ1n) is 15.8. The van der Waals surface area contributed by atoms with Crippen LogP contribution in [0, 0.1) is 0 Å². The second kappa shape index (κ2) is 14.2. The molecule has 2 atom stereocenters. The van der Waals surface area contributed by atoms with E-state index in [-0.39, 0.29) is 35.8 Å². The molecule has 1 aliphatic carbocycles. The smallest absolute Gasteiger partial charge is 0.416 e. The number of fused-ring (bicyclic) bond motifs is 1. The molecule has 6 rings (SSSR count). The number of amides is 2. The van der Waals surface area contributed by atoms with Crippen LogP contribution in [0.2, 0.25) is 0 Å². The van der Waals surface area contributed by atoms with Crippen LogP contribution in [0.25, 0.3) is 16.8 Å². The molecule has 3 aromatic heterocycles. The molecular weight excluding hydrogens is 635 g/mol. The molecule has 10 nitrogen and oxygen atoms in total. The molecule has 2 aromatic carbocycles. The third kappa shape index (κ3) is 7.56. The number of nitrogens with one attached hydrogen (secondary N) is 2. The molecule has 1 aliphatic rings. The molecule has 0 unspecified atom stereocenters. The summed E-state index contributed by atoms with van der Waals surface area (Å²) in [6.07, 6.45) is 3.07. The molecule has 2 amide bonds. The number of halogens is 3. The number of carbonyl (C=O) groups excluding carboxylic acids is 2. The van der Waals surface area contributed by atoms with Crippen molar-refractivity contribution >= 4 is 29.2 Å². The number of nitrogen functional groups attached to an aromatic ring is 1. The minimum Gasteiger partial charge on any atom is -0.445 e. The van der Waals surface area contributed by atoms with Crippen molar-refractivity contribution in [2.24, 2.45) is 0 Å². The van der Waals surface area contributed by atoms with E-state index in [1.54, 1.807) is 36.5 Å². The summed E-state index contributed by atoms with van der Waals surface area (Å²) in [6.45, 7) is 4.07. The van der Waals surface area contributed by atoms with Gasteiger partial charge in [0.05, 0.1) is 5.56 Å².